The molecule has 5 unspecified atom stereocenters. The third-order valence-corrected chi connectivity index (χ3v) is 6.78. The molecule has 2 bridgehead atoms. The summed E-state index contributed by atoms with van der Waals surface area (Å²) in [5.41, 5.74) is 0. The number of fused-ring (bicyclic) bond motifs is 5. The van der Waals surface area contributed by atoms with E-state index in [0.29, 0.717) is 0 Å². The van der Waals surface area contributed by atoms with Gasteiger partial charge in [-0.05, 0) is 62.2 Å². The van der Waals surface area contributed by atoms with Gasteiger partial charge in [-0.3, -0.25) is 4.90 Å². The van der Waals surface area contributed by atoms with Crippen molar-refractivity contribution in [3.05, 3.63) is 0 Å². The molecule has 1 heterocycles. The molecule has 4 aliphatic rings. The minimum absolute atomic E-state index is 0.758. The smallest absolute Gasteiger partial charge is 0.0598 e. The Hall–Kier alpha value is -0.520. The van der Waals surface area contributed by atoms with E-state index in [1.165, 1.54) is 45.2 Å². The molecule has 1 aliphatic heterocycles. The van der Waals surface area contributed by atoms with Gasteiger partial charge < -0.3 is 5.32 Å². The predicted molar refractivity (Wildman–Crippen MR) is 82.3 cm³/mol. The monoisotopic (exact) mass is 272 g/mol. The van der Waals surface area contributed by atoms with Gasteiger partial charge in [-0.2, -0.15) is 0 Å². The maximum absolute atomic E-state index is 5.41. The standard InChI is InChI=1S/C18H28N2/c1-2-8-20-9-6-14(7-10-20)19-18-12-13-11-17(18)16-5-3-4-15(13)16/h1,13-19H,3-12H2. The zero-order valence-corrected chi connectivity index (χ0v) is 12.6. The Bertz CT molecular complexity index is 391. The SMILES string of the molecule is C#CCN1CCC(NC2CC3CC2C2CCCC32)CC1. The zero-order valence-electron chi connectivity index (χ0n) is 12.6. The van der Waals surface area contributed by atoms with E-state index in [0.717, 1.165) is 42.3 Å². The van der Waals surface area contributed by atoms with Gasteiger partial charge >= 0.3 is 0 Å². The highest BCUT2D eigenvalue weighted by molar-refractivity contribution is 5.06. The lowest BCUT2D eigenvalue weighted by atomic mass is 9.78. The minimum Gasteiger partial charge on any atom is -0.311 e. The lowest BCUT2D eigenvalue weighted by Gasteiger charge is -2.37. The number of likely N-dealkylation sites (tertiary alicyclic amines) is 1. The highest BCUT2D eigenvalue weighted by Crippen LogP contribution is 2.58. The van der Waals surface area contributed by atoms with Crippen molar-refractivity contribution >= 4 is 0 Å². The third-order valence-electron chi connectivity index (χ3n) is 6.78. The second-order valence-electron chi connectivity index (χ2n) is 7.68. The molecule has 5 atom stereocenters. The largest absolute Gasteiger partial charge is 0.311 e. The van der Waals surface area contributed by atoms with Crippen molar-refractivity contribution in [2.45, 2.75) is 57.0 Å². The van der Waals surface area contributed by atoms with E-state index in [9.17, 15) is 0 Å². The molecule has 4 fully saturated rings. The molecule has 2 nitrogen and oxygen atoms in total. The van der Waals surface area contributed by atoms with Crippen LogP contribution in [0.2, 0.25) is 0 Å². The summed E-state index contributed by atoms with van der Waals surface area (Å²) < 4.78 is 0. The maximum Gasteiger partial charge on any atom is 0.0598 e. The first-order chi connectivity index (χ1) is 9.85. The average molecular weight is 272 g/mol. The number of hydrogen-bond donors (Lipinski definition) is 1. The summed E-state index contributed by atoms with van der Waals surface area (Å²) >= 11 is 0. The number of terminal acetylenes is 1. The second-order valence-corrected chi connectivity index (χ2v) is 7.68. The van der Waals surface area contributed by atoms with E-state index in [1.807, 2.05) is 0 Å². The average Bonchev–Trinajstić information content (AvgIpc) is 3.13. The summed E-state index contributed by atoms with van der Waals surface area (Å²) in [5.74, 6) is 7.09. The van der Waals surface area contributed by atoms with Crippen molar-refractivity contribution < 1.29 is 0 Å². The van der Waals surface area contributed by atoms with Gasteiger partial charge in [0.15, 0.2) is 0 Å². The Morgan fingerprint density at radius 3 is 2.60 bits per heavy atom. The molecule has 1 saturated heterocycles. The number of piperidine rings is 1. The topological polar surface area (TPSA) is 15.3 Å². The van der Waals surface area contributed by atoms with E-state index in [2.05, 4.69) is 16.1 Å². The Morgan fingerprint density at radius 1 is 1.00 bits per heavy atom. The van der Waals surface area contributed by atoms with Gasteiger partial charge in [-0.25, -0.2) is 0 Å². The zero-order chi connectivity index (χ0) is 13.5. The van der Waals surface area contributed by atoms with Crippen LogP contribution in [0.3, 0.4) is 0 Å². The highest BCUT2D eigenvalue weighted by Gasteiger charge is 2.53. The summed E-state index contributed by atoms with van der Waals surface area (Å²) in [6.07, 6.45) is 15.6. The van der Waals surface area contributed by atoms with Crippen molar-refractivity contribution in [2.75, 3.05) is 19.6 Å². The minimum atomic E-state index is 0.758. The fourth-order valence-corrected chi connectivity index (χ4v) is 5.95. The summed E-state index contributed by atoms with van der Waals surface area (Å²) in [4.78, 5) is 2.42. The van der Waals surface area contributed by atoms with Gasteiger partial charge in [-0.15, -0.1) is 6.42 Å². The van der Waals surface area contributed by atoms with E-state index < -0.39 is 0 Å². The third kappa shape index (κ3) is 2.20. The Balaban J connectivity index is 1.30. The first kappa shape index (κ1) is 13.2. The molecule has 0 amide bonds. The fraction of sp³-hybridized carbons (Fsp3) is 0.889. The maximum atomic E-state index is 5.41. The molecule has 1 N–H and O–H groups in total. The quantitative estimate of drug-likeness (QED) is 0.794. The van der Waals surface area contributed by atoms with Crippen molar-refractivity contribution in [2.24, 2.45) is 23.7 Å². The Labute approximate surface area is 123 Å². The van der Waals surface area contributed by atoms with Gasteiger partial charge in [0, 0.05) is 25.2 Å². The van der Waals surface area contributed by atoms with Gasteiger partial charge in [0.25, 0.3) is 0 Å². The summed E-state index contributed by atoms with van der Waals surface area (Å²) in [6.45, 7) is 3.22. The van der Waals surface area contributed by atoms with Crippen LogP contribution in [0, 0.1) is 36.0 Å². The van der Waals surface area contributed by atoms with Crippen molar-refractivity contribution in [1.29, 1.82) is 0 Å². The lowest BCUT2D eigenvalue weighted by molar-refractivity contribution is 0.164. The van der Waals surface area contributed by atoms with Crippen molar-refractivity contribution in [3.63, 3.8) is 0 Å². The number of nitrogens with one attached hydrogen (secondary N) is 1. The molecule has 0 aromatic carbocycles. The van der Waals surface area contributed by atoms with Gasteiger partial charge in [0.1, 0.15) is 0 Å². The molecule has 4 rings (SSSR count). The van der Waals surface area contributed by atoms with E-state index >= 15 is 0 Å². The molecular weight excluding hydrogens is 244 g/mol. The number of rotatable bonds is 3. The molecule has 0 spiro atoms. The molecule has 3 aliphatic carbocycles. The van der Waals surface area contributed by atoms with Crippen LogP contribution in [-0.2, 0) is 0 Å². The summed E-state index contributed by atoms with van der Waals surface area (Å²) in [5, 5.41) is 4.05. The first-order valence-electron chi connectivity index (χ1n) is 8.77. The van der Waals surface area contributed by atoms with Crippen LogP contribution < -0.4 is 5.32 Å². The van der Waals surface area contributed by atoms with Crippen LogP contribution in [-0.4, -0.2) is 36.6 Å². The Kier molecular flexibility index (Phi) is 3.52. The van der Waals surface area contributed by atoms with Crippen LogP contribution in [0.15, 0.2) is 0 Å². The second kappa shape index (κ2) is 5.35. The van der Waals surface area contributed by atoms with Crippen LogP contribution in [0.25, 0.3) is 0 Å². The molecule has 20 heavy (non-hydrogen) atoms. The molecule has 0 aromatic rings. The van der Waals surface area contributed by atoms with Gasteiger partial charge in [0.2, 0.25) is 0 Å². The van der Waals surface area contributed by atoms with E-state index in [1.54, 1.807) is 12.8 Å². The molecule has 110 valence electrons. The Morgan fingerprint density at radius 2 is 1.80 bits per heavy atom. The molecule has 0 radical (unpaired) electrons. The highest BCUT2D eigenvalue weighted by atomic mass is 15.1. The summed E-state index contributed by atoms with van der Waals surface area (Å²) in [6, 6.07) is 1.61. The molecule has 2 heteroatoms. The summed E-state index contributed by atoms with van der Waals surface area (Å²) in [7, 11) is 0. The van der Waals surface area contributed by atoms with Crippen LogP contribution in [0.4, 0.5) is 0 Å². The molecular formula is C18H28N2. The van der Waals surface area contributed by atoms with Crippen LogP contribution in [0.1, 0.15) is 44.9 Å². The van der Waals surface area contributed by atoms with E-state index in [4.69, 9.17) is 6.42 Å². The molecule has 3 saturated carbocycles. The number of nitrogens with zero attached hydrogens (tertiary/aromatic N) is 1. The van der Waals surface area contributed by atoms with Crippen LogP contribution in [0.5, 0.6) is 0 Å². The van der Waals surface area contributed by atoms with Crippen molar-refractivity contribution in [3.8, 4) is 12.3 Å². The number of hydrogen-bond acceptors (Lipinski definition) is 2. The molecule has 0 aromatic heterocycles. The van der Waals surface area contributed by atoms with Gasteiger partial charge in [-0.1, -0.05) is 12.3 Å². The lowest BCUT2D eigenvalue weighted by Crippen LogP contribution is -2.49. The van der Waals surface area contributed by atoms with Crippen molar-refractivity contribution in [1.82, 2.24) is 10.2 Å². The normalized spacial score (nSPS) is 44.6. The van der Waals surface area contributed by atoms with Crippen LogP contribution >= 0.6 is 0 Å². The fourth-order valence-electron chi connectivity index (χ4n) is 5.95. The van der Waals surface area contributed by atoms with E-state index in [-0.39, 0.29) is 0 Å². The van der Waals surface area contributed by atoms with Gasteiger partial charge in [0.05, 0.1) is 6.54 Å². The first-order valence-corrected chi connectivity index (χ1v) is 8.77. The predicted octanol–water partition coefficient (Wildman–Crippen LogP) is 2.50.